The van der Waals surface area contributed by atoms with Crippen molar-refractivity contribution in [2.24, 2.45) is 4.99 Å². The summed E-state index contributed by atoms with van der Waals surface area (Å²) in [7, 11) is 0. The molecule has 0 fully saturated rings. The summed E-state index contributed by atoms with van der Waals surface area (Å²) >= 11 is 4.71. The van der Waals surface area contributed by atoms with Crippen LogP contribution >= 0.6 is 27.7 Å². The molecule has 0 unspecified atom stereocenters. The van der Waals surface area contributed by atoms with Crippen LogP contribution in [0.1, 0.15) is 0 Å². The highest BCUT2D eigenvalue weighted by Crippen LogP contribution is 2.26. The zero-order chi connectivity index (χ0) is 12.1. The number of aromatic nitrogens is 2. The maximum absolute atomic E-state index is 10.1. The number of hydrogen-bond acceptors (Lipinski definition) is 5. The van der Waals surface area contributed by atoms with Crippen LogP contribution in [0.3, 0.4) is 0 Å². The van der Waals surface area contributed by atoms with E-state index in [0.717, 1.165) is 9.37 Å². The molecule has 4 nitrogen and oxygen atoms in total. The highest BCUT2D eigenvalue weighted by atomic mass is 79.9. The van der Waals surface area contributed by atoms with Crippen LogP contribution in [0.15, 0.2) is 56.2 Å². The van der Waals surface area contributed by atoms with Gasteiger partial charge < -0.3 is 0 Å². The Kier molecular flexibility index (Phi) is 4.03. The highest BCUT2D eigenvalue weighted by molar-refractivity contribution is 9.10. The minimum atomic E-state index is 0.584. The first-order chi connectivity index (χ1) is 8.28. The number of aliphatic imine (C=N–C) groups is 1. The van der Waals surface area contributed by atoms with Crippen molar-refractivity contribution < 1.29 is 4.79 Å². The van der Waals surface area contributed by atoms with Crippen molar-refractivity contribution in [3.05, 3.63) is 41.1 Å². The zero-order valence-electron chi connectivity index (χ0n) is 8.50. The van der Waals surface area contributed by atoms with Gasteiger partial charge in [-0.05, 0) is 52.0 Å². The summed E-state index contributed by atoms with van der Waals surface area (Å²) in [6, 6.07) is 7.19. The quantitative estimate of drug-likeness (QED) is 0.495. The lowest BCUT2D eigenvalue weighted by atomic mass is 10.3. The second-order valence-electron chi connectivity index (χ2n) is 2.98. The Bertz CT molecular complexity index is 550. The molecule has 0 spiro atoms. The summed E-state index contributed by atoms with van der Waals surface area (Å²) in [5, 5.41) is 0.667. The van der Waals surface area contributed by atoms with E-state index in [9.17, 15) is 4.79 Å². The van der Waals surface area contributed by atoms with Gasteiger partial charge in [0.05, 0.1) is 10.2 Å². The summed E-state index contributed by atoms with van der Waals surface area (Å²) in [4.78, 5) is 22.9. The lowest BCUT2D eigenvalue weighted by Gasteiger charge is -1.99. The first-order valence-electron chi connectivity index (χ1n) is 4.61. The number of benzene rings is 1. The molecule has 6 heteroatoms. The van der Waals surface area contributed by atoms with Crippen molar-refractivity contribution in [3.63, 3.8) is 0 Å². The van der Waals surface area contributed by atoms with Gasteiger partial charge in [0.2, 0.25) is 6.08 Å². The van der Waals surface area contributed by atoms with Crippen molar-refractivity contribution >= 4 is 39.5 Å². The smallest absolute Gasteiger partial charge is 0.230 e. The Balaban J connectivity index is 2.13. The highest BCUT2D eigenvalue weighted by Gasteiger charge is 2.00. The third-order valence-electron chi connectivity index (χ3n) is 1.82. The van der Waals surface area contributed by atoms with E-state index in [1.807, 2.05) is 12.1 Å². The van der Waals surface area contributed by atoms with E-state index in [1.54, 1.807) is 24.5 Å². The van der Waals surface area contributed by atoms with Crippen LogP contribution in [0.4, 0.5) is 5.69 Å². The molecule has 0 atom stereocenters. The Labute approximate surface area is 110 Å². The SMILES string of the molecule is O=C=Nc1ccc(Sc2ncc(Br)cn2)cc1. The van der Waals surface area contributed by atoms with Gasteiger partial charge in [0.1, 0.15) is 0 Å². The van der Waals surface area contributed by atoms with E-state index in [4.69, 9.17) is 0 Å². The maximum atomic E-state index is 10.1. The third kappa shape index (κ3) is 3.49. The number of carbonyl (C=O) groups excluding carboxylic acids is 1. The van der Waals surface area contributed by atoms with Gasteiger partial charge in [-0.1, -0.05) is 0 Å². The number of isocyanates is 1. The second kappa shape index (κ2) is 5.72. The third-order valence-corrected chi connectivity index (χ3v) is 3.13. The van der Waals surface area contributed by atoms with Crippen LogP contribution in [0.2, 0.25) is 0 Å². The lowest BCUT2D eigenvalue weighted by molar-refractivity contribution is 0.565. The molecule has 0 aliphatic rings. The van der Waals surface area contributed by atoms with Gasteiger partial charge in [0.25, 0.3) is 0 Å². The summed E-state index contributed by atoms with van der Waals surface area (Å²) in [6.45, 7) is 0. The van der Waals surface area contributed by atoms with Crippen LogP contribution in [0.5, 0.6) is 0 Å². The minimum Gasteiger partial charge on any atom is -0.230 e. The summed E-state index contributed by atoms with van der Waals surface area (Å²) < 4.78 is 0.845. The topological polar surface area (TPSA) is 55.2 Å². The van der Waals surface area contributed by atoms with Gasteiger partial charge in [-0.2, -0.15) is 4.99 Å². The van der Waals surface area contributed by atoms with Gasteiger partial charge in [0, 0.05) is 17.3 Å². The molecule has 0 saturated carbocycles. The molecule has 1 aromatic carbocycles. The summed E-state index contributed by atoms with van der Waals surface area (Å²) in [5.74, 6) is 0. The molecule has 0 aliphatic carbocycles. The predicted octanol–water partition coefficient (Wildman–Crippen LogP) is 3.36. The Morgan fingerprint density at radius 3 is 2.41 bits per heavy atom. The van der Waals surface area contributed by atoms with Gasteiger partial charge in [-0.25, -0.2) is 14.8 Å². The largest absolute Gasteiger partial charge is 0.240 e. The first kappa shape index (κ1) is 12.0. The Hall–Kier alpha value is -1.49. The standard InChI is InChI=1S/C11H6BrN3OS/c12-8-5-13-11(14-6-8)17-10-3-1-9(2-4-10)15-7-16/h1-6H. The molecule has 0 aliphatic heterocycles. The first-order valence-corrected chi connectivity index (χ1v) is 6.22. The van der Waals surface area contributed by atoms with Crippen molar-refractivity contribution in [2.75, 3.05) is 0 Å². The second-order valence-corrected chi connectivity index (χ2v) is 4.94. The molecule has 0 amide bonds. The van der Waals surface area contributed by atoms with E-state index in [-0.39, 0.29) is 0 Å². The van der Waals surface area contributed by atoms with Gasteiger partial charge in [-0.15, -0.1) is 0 Å². The van der Waals surface area contributed by atoms with Crippen LogP contribution < -0.4 is 0 Å². The average Bonchev–Trinajstić information content (AvgIpc) is 2.35. The van der Waals surface area contributed by atoms with Crippen LogP contribution in [0, 0.1) is 0 Å². The summed E-state index contributed by atoms with van der Waals surface area (Å²) in [6.07, 6.45) is 4.89. The Morgan fingerprint density at radius 1 is 1.18 bits per heavy atom. The van der Waals surface area contributed by atoms with Gasteiger partial charge >= 0.3 is 0 Å². The van der Waals surface area contributed by atoms with Gasteiger partial charge in [-0.3, -0.25) is 0 Å². The van der Waals surface area contributed by atoms with E-state index >= 15 is 0 Å². The van der Waals surface area contributed by atoms with E-state index in [0.29, 0.717) is 10.8 Å². The normalized spacial score (nSPS) is 9.71. The molecular formula is C11H6BrN3OS. The lowest BCUT2D eigenvalue weighted by Crippen LogP contribution is -1.84. The zero-order valence-corrected chi connectivity index (χ0v) is 10.9. The molecule has 1 heterocycles. The molecule has 0 bridgehead atoms. The number of hydrogen-bond donors (Lipinski definition) is 0. The monoisotopic (exact) mass is 307 g/mol. The van der Waals surface area contributed by atoms with E-state index in [2.05, 4.69) is 30.9 Å². The molecule has 0 radical (unpaired) electrons. The molecule has 0 N–H and O–H groups in total. The predicted molar refractivity (Wildman–Crippen MR) is 68.1 cm³/mol. The van der Waals surface area contributed by atoms with Crippen molar-refractivity contribution in [3.8, 4) is 0 Å². The fraction of sp³-hybridized carbons (Fsp3) is 0. The Morgan fingerprint density at radius 2 is 1.82 bits per heavy atom. The maximum Gasteiger partial charge on any atom is 0.240 e. The van der Waals surface area contributed by atoms with Crippen LogP contribution in [-0.2, 0) is 4.79 Å². The van der Waals surface area contributed by atoms with E-state index in [1.165, 1.54) is 17.8 Å². The molecule has 84 valence electrons. The molecule has 2 aromatic rings. The number of nitrogens with zero attached hydrogens (tertiary/aromatic N) is 3. The average molecular weight is 308 g/mol. The molecule has 0 saturated heterocycles. The molecular weight excluding hydrogens is 302 g/mol. The van der Waals surface area contributed by atoms with Crippen molar-refractivity contribution in [2.45, 2.75) is 10.1 Å². The fourth-order valence-corrected chi connectivity index (χ4v) is 2.00. The number of halogens is 1. The number of rotatable bonds is 3. The fourth-order valence-electron chi connectivity index (χ4n) is 1.10. The van der Waals surface area contributed by atoms with Crippen LogP contribution in [-0.4, -0.2) is 16.0 Å². The minimum absolute atomic E-state index is 0.584. The molecule has 17 heavy (non-hydrogen) atoms. The molecule has 1 aromatic heterocycles. The van der Waals surface area contributed by atoms with Crippen LogP contribution in [0.25, 0.3) is 0 Å². The van der Waals surface area contributed by atoms with Crippen molar-refractivity contribution in [1.29, 1.82) is 0 Å². The summed E-state index contributed by atoms with van der Waals surface area (Å²) in [5.41, 5.74) is 0.584. The molecule has 2 rings (SSSR count). The van der Waals surface area contributed by atoms with Gasteiger partial charge in [0.15, 0.2) is 5.16 Å². The van der Waals surface area contributed by atoms with E-state index < -0.39 is 0 Å². The van der Waals surface area contributed by atoms with Crippen molar-refractivity contribution in [1.82, 2.24) is 9.97 Å².